The summed E-state index contributed by atoms with van der Waals surface area (Å²) >= 11 is 0. The van der Waals surface area contributed by atoms with Crippen LogP contribution in [0.5, 0.6) is 0 Å². The lowest BCUT2D eigenvalue weighted by atomic mass is 10.0. The van der Waals surface area contributed by atoms with Gasteiger partial charge in [-0.3, -0.25) is 19.1 Å². The molecule has 5 aromatic heterocycles. The summed E-state index contributed by atoms with van der Waals surface area (Å²) in [6, 6.07) is 18.0. The molecular formula is C26H17N5O3. The monoisotopic (exact) mass is 447 g/mol. The van der Waals surface area contributed by atoms with Gasteiger partial charge in [-0.15, -0.1) is 0 Å². The maximum absolute atomic E-state index is 13.4. The number of hydrogen-bond acceptors (Lipinski definition) is 6. The molecule has 0 spiro atoms. The van der Waals surface area contributed by atoms with E-state index in [0.29, 0.717) is 22.8 Å². The van der Waals surface area contributed by atoms with Crippen LogP contribution in [0.1, 0.15) is 5.76 Å². The Balaban J connectivity index is 1.66. The molecule has 5 heterocycles. The van der Waals surface area contributed by atoms with Gasteiger partial charge >= 0.3 is 0 Å². The molecule has 0 atom stereocenters. The maximum Gasteiger partial charge on any atom is 0.255 e. The predicted octanol–water partition coefficient (Wildman–Crippen LogP) is 4.25. The topological polar surface area (TPSA) is 107 Å². The molecule has 0 fully saturated rings. The zero-order valence-corrected chi connectivity index (χ0v) is 18.0. The molecule has 0 saturated carbocycles. The second-order valence-corrected chi connectivity index (χ2v) is 7.85. The van der Waals surface area contributed by atoms with E-state index in [0.717, 1.165) is 22.2 Å². The summed E-state index contributed by atoms with van der Waals surface area (Å²) in [4.78, 5) is 42.6. The van der Waals surface area contributed by atoms with Gasteiger partial charge in [-0.25, -0.2) is 9.97 Å². The Hall–Kier alpha value is -4.85. The highest BCUT2D eigenvalue weighted by Gasteiger charge is 2.19. The van der Waals surface area contributed by atoms with Gasteiger partial charge in [-0.2, -0.15) is 0 Å². The summed E-state index contributed by atoms with van der Waals surface area (Å²) in [5.74, 6) is 1.27. The molecule has 0 saturated heterocycles. The molecule has 0 aliphatic rings. The average molecular weight is 447 g/mol. The molecular weight excluding hydrogens is 430 g/mol. The first kappa shape index (κ1) is 19.8. The Labute approximate surface area is 192 Å². The van der Waals surface area contributed by atoms with Gasteiger partial charge in [0.2, 0.25) is 5.43 Å². The molecule has 1 aromatic carbocycles. The molecule has 0 amide bonds. The number of benzene rings is 1. The van der Waals surface area contributed by atoms with E-state index < -0.39 is 5.43 Å². The number of H-pyrrole nitrogens is 1. The van der Waals surface area contributed by atoms with Gasteiger partial charge in [0.25, 0.3) is 5.56 Å². The van der Waals surface area contributed by atoms with E-state index in [1.165, 1.54) is 16.8 Å². The van der Waals surface area contributed by atoms with Gasteiger partial charge < -0.3 is 9.40 Å². The Kier molecular flexibility index (Phi) is 4.44. The van der Waals surface area contributed by atoms with Crippen LogP contribution in [-0.4, -0.2) is 24.5 Å². The molecule has 8 nitrogen and oxygen atoms in total. The number of nitrogens with zero attached hydrogens (tertiary/aromatic N) is 4. The summed E-state index contributed by atoms with van der Waals surface area (Å²) in [7, 11) is 0. The van der Waals surface area contributed by atoms with Crippen molar-refractivity contribution in [1.29, 1.82) is 0 Å². The molecule has 1 N–H and O–H groups in total. The zero-order valence-electron chi connectivity index (χ0n) is 18.0. The van der Waals surface area contributed by atoms with E-state index >= 15 is 0 Å². The first-order valence-electron chi connectivity index (χ1n) is 10.6. The van der Waals surface area contributed by atoms with Crippen LogP contribution in [-0.2, 0) is 0 Å². The highest BCUT2D eigenvalue weighted by atomic mass is 16.3. The van der Waals surface area contributed by atoms with Gasteiger partial charge in [0, 0.05) is 35.6 Å². The van der Waals surface area contributed by atoms with Crippen LogP contribution < -0.4 is 11.0 Å². The normalized spacial score (nSPS) is 11.3. The largest absolute Gasteiger partial charge is 0.460 e. The second kappa shape index (κ2) is 7.63. The lowest BCUT2D eigenvalue weighted by Crippen LogP contribution is -2.23. The van der Waals surface area contributed by atoms with Crippen molar-refractivity contribution in [1.82, 2.24) is 24.5 Å². The Morgan fingerprint density at radius 1 is 0.941 bits per heavy atom. The standard InChI is InChI=1S/C26H17N5O3/c1-15-7-10-20(34-15)23-22(17-8-9-18-16(13-17)5-4-11-27-18)29-24-25(33)19(14-28-26(24)30-23)31-12-3-2-6-21(31)32/h2-14H,1H3,(H,28,30,33). The SMILES string of the molecule is Cc1ccc(-c2nc3[nH]cc(-n4ccccc4=O)c(=O)c3nc2-c2ccc3ncccc3c2)o1. The fourth-order valence-corrected chi connectivity index (χ4v) is 3.98. The fourth-order valence-electron chi connectivity index (χ4n) is 3.98. The molecule has 0 aliphatic carbocycles. The number of aromatic amines is 1. The number of rotatable bonds is 3. The summed E-state index contributed by atoms with van der Waals surface area (Å²) in [5.41, 5.74) is 2.49. The van der Waals surface area contributed by atoms with Crippen LogP contribution in [0.3, 0.4) is 0 Å². The van der Waals surface area contributed by atoms with Gasteiger partial charge in [0.1, 0.15) is 22.8 Å². The lowest BCUT2D eigenvalue weighted by Gasteiger charge is -2.11. The van der Waals surface area contributed by atoms with Gasteiger partial charge in [0.05, 0.1) is 5.52 Å². The third-order valence-corrected chi connectivity index (χ3v) is 5.62. The Morgan fingerprint density at radius 2 is 1.85 bits per heavy atom. The van der Waals surface area contributed by atoms with Crippen molar-refractivity contribution in [3.63, 3.8) is 0 Å². The summed E-state index contributed by atoms with van der Waals surface area (Å²) in [6.45, 7) is 1.85. The highest BCUT2D eigenvalue weighted by molar-refractivity contribution is 5.89. The van der Waals surface area contributed by atoms with Crippen molar-refractivity contribution < 1.29 is 4.42 Å². The fraction of sp³-hybridized carbons (Fsp3) is 0.0385. The van der Waals surface area contributed by atoms with E-state index in [1.54, 1.807) is 24.5 Å². The number of furan rings is 1. The van der Waals surface area contributed by atoms with Crippen LogP contribution in [0.2, 0.25) is 0 Å². The number of fused-ring (bicyclic) bond motifs is 2. The average Bonchev–Trinajstić information content (AvgIpc) is 3.30. The lowest BCUT2D eigenvalue weighted by molar-refractivity contribution is 0.546. The van der Waals surface area contributed by atoms with Crippen molar-refractivity contribution in [3.8, 4) is 28.4 Å². The van der Waals surface area contributed by atoms with E-state index in [1.807, 2.05) is 49.4 Å². The number of nitrogens with one attached hydrogen (secondary N) is 1. The minimum atomic E-state index is -0.402. The number of pyridine rings is 3. The molecule has 8 heteroatoms. The van der Waals surface area contributed by atoms with Crippen molar-refractivity contribution in [3.05, 3.63) is 106 Å². The van der Waals surface area contributed by atoms with E-state index in [4.69, 9.17) is 14.4 Å². The van der Waals surface area contributed by atoms with E-state index in [2.05, 4.69) is 9.97 Å². The third-order valence-electron chi connectivity index (χ3n) is 5.62. The Morgan fingerprint density at radius 3 is 2.68 bits per heavy atom. The molecule has 34 heavy (non-hydrogen) atoms. The van der Waals surface area contributed by atoms with E-state index in [9.17, 15) is 9.59 Å². The summed E-state index contributed by atoms with van der Waals surface area (Å²) in [5, 5.41) is 0.932. The molecule has 0 bridgehead atoms. The first-order chi connectivity index (χ1) is 16.6. The van der Waals surface area contributed by atoms with Crippen LogP contribution in [0, 0.1) is 6.92 Å². The Bertz CT molecular complexity index is 1830. The molecule has 6 aromatic rings. The van der Waals surface area contributed by atoms with Crippen LogP contribution in [0.25, 0.3) is 50.5 Å². The first-order valence-corrected chi connectivity index (χ1v) is 10.6. The zero-order chi connectivity index (χ0) is 23.2. The molecule has 0 unspecified atom stereocenters. The summed E-state index contributed by atoms with van der Waals surface area (Å²) < 4.78 is 7.14. The highest BCUT2D eigenvalue weighted by Crippen LogP contribution is 2.32. The second-order valence-electron chi connectivity index (χ2n) is 7.85. The quantitative estimate of drug-likeness (QED) is 0.435. The van der Waals surface area contributed by atoms with Crippen molar-refractivity contribution in [2.45, 2.75) is 6.92 Å². The van der Waals surface area contributed by atoms with Crippen molar-refractivity contribution >= 4 is 22.1 Å². The van der Waals surface area contributed by atoms with Crippen molar-refractivity contribution in [2.75, 3.05) is 0 Å². The minimum Gasteiger partial charge on any atom is -0.460 e. The number of aryl methyl sites for hydroxylation is 1. The summed E-state index contributed by atoms with van der Waals surface area (Å²) in [6.07, 6.45) is 4.75. The number of hydrogen-bond donors (Lipinski definition) is 1. The molecule has 0 radical (unpaired) electrons. The third kappa shape index (κ3) is 3.20. The predicted molar refractivity (Wildman–Crippen MR) is 129 cm³/mol. The van der Waals surface area contributed by atoms with Crippen LogP contribution in [0.4, 0.5) is 0 Å². The maximum atomic E-state index is 13.4. The molecule has 0 aliphatic heterocycles. The van der Waals surface area contributed by atoms with Gasteiger partial charge in [0.15, 0.2) is 16.9 Å². The molecule has 6 rings (SSSR count). The smallest absolute Gasteiger partial charge is 0.255 e. The van der Waals surface area contributed by atoms with Crippen LogP contribution in [0.15, 0.2) is 93.3 Å². The minimum absolute atomic E-state index is 0.126. The molecule has 164 valence electrons. The van der Waals surface area contributed by atoms with Crippen molar-refractivity contribution in [2.24, 2.45) is 0 Å². The van der Waals surface area contributed by atoms with Gasteiger partial charge in [-0.05, 0) is 43.3 Å². The van der Waals surface area contributed by atoms with E-state index in [-0.39, 0.29) is 16.8 Å². The van der Waals surface area contributed by atoms with Gasteiger partial charge in [-0.1, -0.05) is 18.2 Å². The van der Waals surface area contributed by atoms with Crippen LogP contribution >= 0.6 is 0 Å². The number of aromatic nitrogens is 5.